The van der Waals surface area contributed by atoms with Gasteiger partial charge in [-0.25, -0.2) is 0 Å². The Labute approximate surface area is 858 Å². The van der Waals surface area contributed by atoms with Gasteiger partial charge in [0.2, 0.25) is 0 Å². The summed E-state index contributed by atoms with van der Waals surface area (Å²) in [6.07, 6.45) is 0. The Bertz CT molecular complexity index is 5160. The van der Waals surface area contributed by atoms with Crippen LogP contribution in [0.2, 0.25) is 275 Å². The van der Waals surface area contributed by atoms with E-state index < -0.39 is 147 Å². The van der Waals surface area contributed by atoms with E-state index >= 15 is 0 Å². The fourth-order valence-corrected chi connectivity index (χ4v) is 153. The van der Waals surface area contributed by atoms with Crippen molar-refractivity contribution in [1.29, 1.82) is 0 Å². The van der Waals surface area contributed by atoms with Crippen molar-refractivity contribution in [3.63, 3.8) is 0 Å². The summed E-state index contributed by atoms with van der Waals surface area (Å²) in [7, 11) is -20.8. The van der Waals surface area contributed by atoms with E-state index in [1.165, 1.54) is 60.2 Å². The van der Waals surface area contributed by atoms with Crippen molar-refractivity contribution in [3.05, 3.63) is 308 Å². The van der Waals surface area contributed by atoms with Crippen molar-refractivity contribution < 1.29 is 28.7 Å². The van der Waals surface area contributed by atoms with Gasteiger partial charge in [-0.05, 0) is 123 Å². The maximum atomic E-state index is 14.3. The lowest BCUT2D eigenvalue weighted by molar-refractivity contribution is -0.155. The molecule has 0 aromatic heterocycles. The number of benzene rings is 9. The first-order chi connectivity index (χ1) is 63.1. The highest BCUT2D eigenvalue weighted by Gasteiger charge is 2.71. The van der Waals surface area contributed by atoms with Crippen molar-refractivity contribution in [1.82, 2.24) is 0 Å². The van der Waals surface area contributed by atoms with E-state index in [9.17, 15) is 19.2 Å². The van der Waals surface area contributed by atoms with Crippen molar-refractivity contribution in [3.8, 4) is 0 Å². The molecule has 0 unspecified atom stereocenters. The molecule has 2 heterocycles. The molecule has 2 saturated heterocycles. The monoisotopic (exact) mass is 2150 g/mol. The van der Waals surface area contributed by atoms with Gasteiger partial charge in [-0.2, -0.15) is 0 Å². The zero-order valence-corrected chi connectivity index (χ0v) is 111. The van der Waals surface area contributed by atoms with Crippen LogP contribution in [-0.2, 0) is 47.5 Å². The Hall–Kier alpha value is -4.50. The summed E-state index contributed by atoms with van der Waals surface area (Å²) in [6, 6.07) is 82.7. The van der Waals surface area contributed by atoms with E-state index in [4.69, 9.17) is 9.47 Å². The SMILES string of the molecule is C[Si](C)(C)C(c1cc(C([Si](C)(C)C)([Si](C)(C)C)[Si](C)(C)C)cc(C([Si](C)(C)C)[Si](C)(C)C)c1P=PC12c3ccccc3C(c3ccccc31)[C@@H]1C(=O)OC(=O)[C@@H]12)[Si](C)(C)C.C[Si](C)(C)C(c1cc(C([Si](C)(C)C)([Si](C)(C)C)[Si](C)(C)C)cc(C([Si](C)(C)C)[Si](C)(C)C)c1P=PC12c3ccccc3C(c3ccccc31)[C@H]1C(=O)OC(=O)[C@H]12)[Si](C)(C)C.c1ccccc1.c1ccccc1.c1ccccc1. The number of ether oxygens (including phenoxy) is 2. The van der Waals surface area contributed by atoms with Crippen LogP contribution in [0.4, 0.5) is 0 Å². The first-order valence-electron chi connectivity index (χ1n) is 51.2. The van der Waals surface area contributed by atoms with Crippen LogP contribution in [0.1, 0.15) is 110 Å². The molecule has 4 bridgehead atoms. The molecule has 0 amide bonds. The van der Waals surface area contributed by atoms with Gasteiger partial charge in [-0.1, -0.05) is 521 Å². The van der Waals surface area contributed by atoms with Crippen LogP contribution in [0.15, 0.2) is 231 Å². The fourth-order valence-electron chi connectivity index (χ4n) is 32.0. The summed E-state index contributed by atoms with van der Waals surface area (Å²) < 4.78 is 11.9. The van der Waals surface area contributed by atoms with Gasteiger partial charge in [0.25, 0.3) is 0 Å². The molecule has 742 valence electrons. The molecular formula is C114H174O6P4Si14. The fraction of sp³-hybridized carbons (Fsp3) is 0.491. The highest BCUT2D eigenvalue weighted by Crippen LogP contribution is 2.72. The third-order valence-electron chi connectivity index (χ3n) is 31.4. The summed E-state index contributed by atoms with van der Waals surface area (Å²) in [5.74, 6) is -3.71. The molecule has 9 aromatic rings. The third kappa shape index (κ3) is 21.4. The Morgan fingerprint density at radius 1 is 0.239 bits per heavy atom. The minimum atomic E-state index is -1.85. The summed E-state index contributed by atoms with van der Waals surface area (Å²) >= 11 is 0. The summed E-state index contributed by atoms with van der Waals surface area (Å²) in [5, 5.41) is 3.99. The predicted octanol–water partition coefficient (Wildman–Crippen LogP) is 33.8. The molecule has 0 radical (unpaired) electrons. The molecule has 17 rings (SSSR count). The normalized spacial score (nSPS) is 20.8. The molecule has 24 heteroatoms. The lowest BCUT2D eigenvalue weighted by Crippen LogP contribution is -2.74. The van der Waals surface area contributed by atoms with Crippen LogP contribution in [0.5, 0.6) is 0 Å². The third-order valence-corrected chi connectivity index (χ3v) is 118. The van der Waals surface area contributed by atoms with Gasteiger partial charge < -0.3 is 9.47 Å². The standard InChI is InChI=1S/2C48H78O3P2Si7.3C6H6/c2*1-54(2,3)45(55(4,5)6)35-30-32(48(58(13,14)15,59(16,17)18)60(19,20)21)31-36(46(56(7,8)9)57(10,11)12)42(35)52-53-47-37-28-24-22-26-33(37)39(34-27-23-25-29-38(34)47)40-41(47)44(50)51-43(40)49;3*1-2-4-6-5-3-1/h2*22-31,39-41,45-46H,1-21H3;3*1-6H/t2*39?,40-,41+,47?;;;/m10.../s1. The first kappa shape index (κ1) is 114. The average molecular weight is 2160 g/mol. The van der Waals surface area contributed by atoms with Crippen LogP contribution in [-0.4, -0.2) is 137 Å². The molecule has 8 aliphatic rings. The maximum Gasteiger partial charge on any atom is 0.319 e. The van der Waals surface area contributed by atoms with Gasteiger partial charge in [-0.3, -0.25) is 19.2 Å². The average Bonchev–Trinajstić information content (AvgIpc) is 1.39. The predicted molar refractivity (Wildman–Crippen MR) is 647 cm³/mol. The lowest BCUT2D eigenvalue weighted by atomic mass is 9.54. The van der Waals surface area contributed by atoms with Crippen molar-refractivity contribution in [2.75, 3.05) is 0 Å². The van der Waals surface area contributed by atoms with Gasteiger partial charge in [0.05, 0.1) is 34.0 Å². The van der Waals surface area contributed by atoms with Gasteiger partial charge >= 0.3 is 23.9 Å². The van der Waals surface area contributed by atoms with E-state index in [1.54, 1.807) is 44.0 Å². The van der Waals surface area contributed by atoms with Gasteiger partial charge in [-0.15, -0.1) is 0 Å². The van der Waals surface area contributed by atoms with Gasteiger partial charge in [0.1, 0.15) is 0 Å². The molecule has 4 atom stereocenters. The molecule has 0 saturated carbocycles. The molecule has 138 heavy (non-hydrogen) atoms. The number of hydrogen-bond acceptors (Lipinski definition) is 6. The van der Waals surface area contributed by atoms with Crippen LogP contribution in [0, 0.1) is 23.7 Å². The summed E-state index contributed by atoms with van der Waals surface area (Å²) in [6.45, 7) is 112. The smallest absolute Gasteiger partial charge is 0.319 e. The van der Waals surface area contributed by atoms with Gasteiger partial charge in [0.15, 0.2) is 0 Å². The molecule has 2 fully saturated rings. The van der Waals surface area contributed by atoms with E-state index in [0.717, 1.165) is 15.7 Å². The molecule has 6 aliphatic carbocycles. The van der Waals surface area contributed by atoms with E-state index in [-0.39, 0.29) is 44.3 Å². The number of carbonyl (C=O) groups excluding carboxylic acids is 4. The van der Waals surface area contributed by atoms with Crippen molar-refractivity contribution >= 4 is 179 Å². The number of carbonyl (C=O) groups is 4. The molecule has 6 nitrogen and oxygen atoms in total. The Kier molecular flexibility index (Phi) is 33.5. The molecule has 0 N–H and O–H groups in total. The second kappa shape index (κ2) is 40.6. The number of cyclic esters (lactones) is 4. The van der Waals surface area contributed by atoms with Crippen LogP contribution in [0.25, 0.3) is 0 Å². The number of esters is 4. The number of hydrogen-bond donors (Lipinski definition) is 0. The minimum absolute atomic E-state index is 0.162. The highest BCUT2D eigenvalue weighted by atomic mass is 31.7. The Morgan fingerprint density at radius 2 is 0.406 bits per heavy atom. The van der Waals surface area contributed by atoms with E-state index in [1.807, 2.05) is 109 Å². The highest BCUT2D eigenvalue weighted by molar-refractivity contribution is 7.89. The zero-order valence-electron chi connectivity index (χ0n) is 93.0. The summed E-state index contributed by atoms with van der Waals surface area (Å²) in [4.78, 5) is 56.5. The number of rotatable bonds is 24. The second-order valence-electron chi connectivity index (χ2n) is 55.9. The quantitative estimate of drug-likeness (QED) is 0.0259. The zero-order chi connectivity index (χ0) is 103. The van der Waals surface area contributed by atoms with E-state index in [2.05, 4.69) is 396 Å². The van der Waals surface area contributed by atoms with Gasteiger partial charge in [0, 0.05) is 135 Å². The Morgan fingerprint density at radius 3 is 0.565 bits per heavy atom. The molecule has 0 spiro atoms. The van der Waals surface area contributed by atoms with Crippen LogP contribution in [0.3, 0.4) is 0 Å². The summed E-state index contributed by atoms with van der Waals surface area (Å²) in [5.41, 5.74) is 19.8. The maximum absolute atomic E-state index is 14.3. The van der Waals surface area contributed by atoms with Crippen LogP contribution >= 0.6 is 31.5 Å². The molecule has 9 aromatic carbocycles. The van der Waals surface area contributed by atoms with Crippen LogP contribution < -0.4 is 10.6 Å². The minimum Gasteiger partial charge on any atom is -0.393 e. The van der Waals surface area contributed by atoms with Crippen molar-refractivity contribution in [2.24, 2.45) is 23.7 Å². The molecule has 2 aliphatic heterocycles. The molecular weight excluding hydrogens is 1980 g/mol. The first-order valence-corrected chi connectivity index (χ1v) is 106. The van der Waals surface area contributed by atoms with E-state index in [0.29, 0.717) is 20.7 Å². The largest absolute Gasteiger partial charge is 0.393 e. The second-order valence-corrected chi connectivity index (χ2v) is 141. The lowest BCUT2D eigenvalue weighted by Gasteiger charge is -2.60. The van der Waals surface area contributed by atoms with Crippen molar-refractivity contribution in [2.45, 2.75) is 326 Å². The Balaban J connectivity index is 0.000000222. The topological polar surface area (TPSA) is 86.7 Å².